The molecule has 34 heavy (non-hydrogen) atoms. The largest absolute Gasteiger partial charge is 0.342 e. The predicted octanol–water partition coefficient (Wildman–Crippen LogP) is 3.94. The number of rotatable bonds is 4. The van der Waals surface area contributed by atoms with E-state index in [0.29, 0.717) is 17.9 Å². The Kier molecular flexibility index (Phi) is 5.29. The number of fused-ring (bicyclic) bond motifs is 1. The van der Waals surface area contributed by atoms with Gasteiger partial charge in [-0.15, -0.1) is 0 Å². The summed E-state index contributed by atoms with van der Waals surface area (Å²) in [5, 5.41) is 4.56. The number of piperidine rings is 1. The molecule has 3 aliphatic rings. The number of aryl methyl sites for hydroxylation is 3. The van der Waals surface area contributed by atoms with Crippen molar-refractivity contribution < 1.29 is 4.79 Å². The van der Waals surface area contributed by atoms with Crippen molar-refractivity contribution in [1.29, 1.82) is 0 Å². The van der Waals surface area contributed by atoms with E-state index in [-0.39, 0.29) is 5.91 Å². The van der Waals surface area contributed by atoms with Crippen molar-refractivity contribution >= 4 is 5.91 Å². The van der Waals surface area contributed by atoms with Gasteiger partial charge in [0.1, 0.15) is 0 Å². The van der Waals surface area contributed by atoms with E-state index in [4.69, 9.17) is 0 Å². The zero-order chi connectivity index (χ0) is 23.3. The van der Waals surface area contributed by atoms with Crippen molar-refractivity contribution in [3.63, 3.8) is 0 Å². The summed E-state index contributed by atoms with van der Waals surface area (Å²) in [4.78, 5) is 21.9. The summed E-state index contributed by atoms with van der Waals surface area (Å²) in [7, 11) is 1.97. The Labute approximate surface area is 201 Å². The first-order chi connectivity index (χ1) is 16.5. The lowest BCUT2D eigenvalue weighted by Crippen LogP contribution is -2.61. The van der Waals surface area contributed by atoms with Crippen molar-refractivity contribution in [3.8, 4) is 11.3 Å². The normalized spacial score (nSPS) is 21.5. The van der Waals surface area contributed by atoms with E-state index >= 15 is 0 Å². The van der Waals surface area contributed by atoms with Gasteiger partial charge < -0.3 is 4.90 Å². The maximum absolute atomic E-state index is 12.8. The summed E-state index contributed by atoms with van der Waals surface area (Å²) < 4.78 is 1.86. The fourth-order valence-electron chi connectivity index (χ4n) is 6.15. The van der Waals surface area contributed by atoms with Crippen LogP contribution in [0.2, 0.25) is 0 Å². The minimum absolute atomic E-state index is 0.218. The van der Waals surface area contributed by atoms with Crippen LogP contribution in [0.5, 0.6) is 0 Å². The third-order valence-electron chi connectivity index (χ3n) is 8.20. The summed E-state index contributed by atoms with van der Waals surface area (Å²) >= 11 is 0. The molecule has 1 aliphatic carbocycles. The molecule has 6 nitrogen and oxygen atoms in total. The Balaban J connectivity index is 1.04. The molecule has 1 amide bonds. The van der Waals surface area contributed by atoms with Crippen molar-refractivity contribution in [1.82, 2.24) is 24.6 Å². The van der Waals surface area contributed by atoms with E-state index in [2.05, 4.69) is 44.1 Å². The Hall–Kier alpha value is -2.99. The average Bonchev–Trinajstić information content (AvgIpc) is 3.45. The standard InChI is InChI=1S/C28H33N5O/c1-20-3-6-23(29-17-20)16-27(34)32-13-10-28(11-14-32)18-33(19-28)26-8-5-21-15-22(4-7-24(21)26)25-9-12-31(2)30-25/h3-4,6-7,9,12,15,17,26H,5,8,10-11,13-14,16,18-19H2,1-2H3. The van der Waals surface area contributed by atoms with Gasteiger partial charge in [-0.3, -0.25) is 19.4 Å². The molecule has 6 heteroatoms. The lowest BCUT2D eigenvalue weighted by Gasteiger charge is -2.56. The van der Waals surface area contributed by atoms with Crippen molar-refractivity contribution in [2.45, 2.75) is 45.1 Å². The summed E-state index contributed by atoms with van der Waals surface area (Å²) in [5.41, 5.74) is 7.66. The molecule has 176 valence electrons. The van der Waals surface area contributed by atoms with E-state index in [1.54, 1.807) is 0 Å². The zero-order valence-electron chi connectivity index (χ0n) is 20.2. The highest BCUT2D eigenvalue weighted by Crippen LogP contribution is 2.48. The smallest absolute Gasteiger partial charge is 0.228 e. The van der Waals surface area contributed by atoms with Crippen LogP contribution in [0.25, 0.3) is 11.3 Å². The molecule has 2 fully saturated rings. The van der Waals surface area contributed by atoms with Crippen LogP contribution in [0.1, 0.15) is 47.7 Å². The third-order valence-corrected chi connectivity index (χ3v) is 8.20. The van der Waals surface area contributed by atoms with Crippen LogP contribution in [0.15, 0.2) is 48.8 Å². The summed E-state index contributed by atoms with van der Waals surface area (Å²) in [6.45, 7) is 6.12. The summed E-state index contributed by atoms with van der Waals surface area (Å²) in [6.07, 6.45) is 8.87. The number of carbonyl (C=O) groups excluding carboxylic acids is 1. The molecule has 1 spiro atoms. The SMILES string of the molecule is Cc1ccc(CC(=O)N2CCC3(CC2)CN(C2CCc4cc(-c5ccn(C)n5)ccc42)C3)nc1. The number of hydrogen-bond donors (Lipinski definition) is 0. The quantitative estimate of drug-likeness (QED) is 0.598. The van der Waals surface area contributed by atoms with Crippen LogP contribution in [-0.2, 0) is 24.7 Å². The van der Waals surface area contributed by atoms with Gasteiger partial charge in [0.25, 0.3) is 0 Å². The van der Waals surface area contributed by atoms with Crippen LogP contribution in [0, 0.1) is 12.3 Å². The Bertz CT molecular complexity index is 1200. The highest BCUT2D eigenvalue weighted by Gasteiger charge is 2.48. The van der Waals surface area contributed by atoms with Crippen LogP contribution in [-0.4, -0.2) is 56.7 Å². The highest BCUT2D eigenvalue weighted by molar-refractivity contribution is 5.78. The number of nitrogens with zero attached hydrogens (tertiary/aromatic N) is 5. The Morgan fingerprint density at radius 1 is 1.12 bits per heavy atom. The molecule has 2 aromatic heterocycles. The van der Waals surface area contributed by atoms with Crippen molar-refractivity contribution in [2.75, 3.05) is 26.2 Å². The molecule has 0 N–H and O–H groups in total. The molecule has 1 atom stereocenters. The molecule has 2 aliphatic heterocycles. The Morgan fingerprint density at radius 3 is 2.65 bits per heavy atom. The van der Waals surface area contributed by atoms with Gasteiger partial charge in [0.2, 0.25) is 5.91 Å². The van der Waals surface area contributed by atoms with Gasteiger partial charge in [-0.25, -0.2) is 0 Å². The predicted molar refractivity (Wildman–Crippen MR) is 132 cm³/mol. The molecule has 1 aromatic carbocycles. The minimum Gasteiger partial charge on any atom is -0.342 e. The minimum atomic E-state index is 0.218. The van der Waals surface area contributed by atoms with Gasteiger partial charge in [0, 0.05) is 62.9 Å². The van der Waals surface area contributed by atoms with Crippen LogP contribution in [0.4, 0.5) is 0 Å². The summed E-state index contributed by atoms with van der Waals surface area (Å²) in [5.74, 6) is 0.218. The van der Waals surface area contributed by atoms with E-state index in [1.807, 2.05) is 43.2 Å². The molecule has 4 heterocycles. The van der Waals surface area contributed by atoms with Crippen LogP contribution < -0.4 is 0 Å². The molecule has 0 bridgehead atoms. The molecule has 6 rings (SSSR count). The maximum Gasteiger partial charge on any atom is 0.228 e. The number of pyridine rings is 1. The highest BCUT2D eigenvalue weighted by atomic mass is 16.2. The maximum atomic E-state index is 12.8. The third kappa shape index (κ3) is 3.94. The number of hydrogen-bond acceptors (Lipinski definition) is 4. The monoisotopic (exact) mass is 455 g/mol. The zero-order valence-corrected chi connectivity index (χ0v) is 20.2. The number of likely N-dealkylation sites (tertiary alicyclic amines) is 2. The van der Waals surface area contributed by atoms with Crippen molar-refractivity contribution in [2.24, 2.45) is 12.5 Å². The van der Waals surface area contributed by atoms with Gasteiger partial charge >= 0.3 is 0 Å². The fraction of sp³-hybridized carbons (Fsp3) is 0.464. The number of aromatic nitrogens is 3. The molecular weight excluding hydrogens is 422 g/mol. The fourth-order valence-corrected chi connectivity index (χ4v) is 6.15. The van der Waals surface area contributed by atoms with Gasteiger partial charge in [-0.1, -0.05) is 18.2 Å². The first-order valence-electron chi connectivity index (χ1n) is 12.5. The molecule has 2 saturated heterocycles. The van der Waals surface area contributed by atoms with E-state index < -0.39 is 0 Å². The van der Waals surface area contributed by atoms with Gasteiger partial charge in [-0.2, -0.15) is 5.10 Å². The molecule has 0 saturated carbocycles. The second-order valence-corrected chi connectivity index (χ2v) is 10.6. The van der Waals surface area contributed by atoms with Crippen LogP contribution >= 0.6 is 0 Å². The second kappa shape index (κ2) is 8.35. The van der Waals surface area contributed by atoms with Gasteiger partial charge in [0.05, 0.1) is 12.1 Å². The van der Waals surface area contributed by atoms with E-state index in [1.165, 1.54) is 36.2 Å². The first-order valence-corrected chi connectivity index (χ1v) is 12.5. The molecule has 3 aromatic rings. The summed E-state index contributed by atoms with van der Waals surface area (Å²) in [6, 6.07) is 13.6. The number of benzene rings is 1. The topological polar surface area (TPSA) is 54.3 Å². The van der Waals surface area contributed by atoms with E-state index in [9.17, 15) is 4.79 Å². The average molecular weight is 456 g/mol. The molecule has 1 unspecified atom stereocenters. The van der Waals surface area contributed by atoms with Crippen molar-refractivity contribution in [3.05, 3.63) is 71.2 Å². The van der Waals surface area contributed by atoms with Gasteiger partial charge in [-0.05, 0) is 72.9 Å². The molecular formula is C28H33N5O. The van der Waals surface area contributed by atoms with Crippen LogP contribution in [0.3, 0.4) is 0 Å². The number of carbonyl (C=O) groups is 1. The van der Waals surface area contributed by atoms with E-state index in [0.717, 1.165) is 49.3 Å². The second-order valence-electron chi connectivity index (χ2n) is 10.6. The first kappa shape index (κ1) is 21.5. The Morgan fingerprint density at radius 2 is 1.94 bits per heavy atom. The number of amides is 1. The lowest BCUT2D eigenvalue weighted by atomic mass is 9.71. The van der Waals surface area contributed by atoms with Gasteiger partial charge in [0.15, 0.2) is 0 Å². The lowest BCUT2D eigenvalue weighted by molar-refractivity contribution is -0.136. The molecule has 0 radical (unpaired) electrons.